The summed E-state index contributed by atoms with van der Waals surface area (Å²) in [6, 6.07) is 16.7. The van der Waals surface area contributed by atoms with Gasteiger partial charge in [-0.1, -0.05) is 55.3 Å². The molecule has 0 amide bonds. The minimum absolute atomic E-state index is 0.296. The Hall–Kier alpha value is -2.28. The summed E-state index contributed by atoms with van der Waals surface area (Å²) in [5, 5.41) is 3.48. The molecule has 1 N–H and O–H groups in total. The first-order valence-electron chi connectivity index (χ1n) is 8.34. The molecule has 2 aromatic carbocycles. The van der Waals surface area contributed by atoms with Crippen LogP contribution in [0.3, 0.4) is 0 Å². The molecule has 0 aliphatic heterocycles. The fourth-order valence-corrected chi connectivity index (χ4v) is 2.51. The van der Waals surface area contributed by atoms with Gasteiger partial charge in [0.15, 0.2) is 0 Å². The highest BCUT2D eigenvalue weighted by molar-refractivity contribution is 5.33. The molecule has 2 aromatic rings. The number of para-hydroxylation sites is 1. The predicted octanol–water partition coefficient (Wildman–Crippen LogP) is 3.44. The molecular weight excluding hydrogens is 296 g/mol. The summed E-state index contributed by atoms with van der Waals surface area (Å²) in [6.07, 6.45) is 5.27. The number of nitrogens with zero attached hydrogens (tertiary/aromatic N) is 1. The molecule has 0 spiro atoms. The van der Waals surface area contributed by atoms with Crippen molar-refractivity contribution in [2.24, 2.45) is 0 Å². The highest BCUT2D eigenvalue weighted by Gasteiger charge is 2.03. The largest absolute Gasteiger partial charge is 0.481 e. The van der Waals surface area contributed by atoms with E-state index >= 15 is 0 Å². The van der Waals surface area contributed by atoms with E-state index in [9.17, 15) is 0 Å². The van der Waals surface area contributed by atoms with Gasteiger partial charge in [0.2, 0.25) is 0 Å². The maximum Gasteiger partial charge on any atom is 0.148 e. The predicted molar refractivity (Wildman–Crippen MR) is 99.8 cm³/mol. The quantitative estimate of drug-likeness (QED) is 0.716. The molecule has 0 aliphatic carbocycles. The minimum Gasteiger partial charge on any atom is -0.481 e. The van der Waals surface area contributed by atoms with Crippen LogP contribution in [0.1, 0.15) is 23.6 Å². The lowest BCUT2D eigenvalue weighted by molar-refractivity contribution is 0.345. The number of hydrogen-bond donors (Lipinski definition) is 1. The zero-order valence-corrected chi connectivity index (χ0v) is 14.6. The molecule has 0 unspecified atom stereocenters. The monoisotopic (exact) mass is 322 g/mol. The van der Waals surface area contributed by atoms with E-state index in [4.69, 9.17) is 11.2 Å². The fourth-order valence-electron chi connectivity index (χ4n) is 2.51. The van der Waals surface area contributed by atoms with E-state index < -0.39 is 0 Å². The number of terminal acetylenes is 1. The van der Waals surface area contributed by atoms with Crippen LogP contribution in [-0.2, 0) is 19.6 Å². The maximum atomic E-state index is 5.58. The number of benzene rings is 2. The third-order valence-electron chi connectivity index (χ3n) is 3.91. The Morgan fingerprint density at radius 1 is 1.08 bits per heavy atom. The van der Waals surface area contributed by atoms with Crippen LogP contribution < -0.4 is 10.1 Å². The molecule has 0 atom stereocenters. The Morgan fingerprint density at radius 3 is 2.67 bits per heavy atom. The number of nitrogens with one attached hydrogen (secondary N) is 1. The molecule has 0 saturated heterocycles. The third kappa shape index (κ3) is 5.73. The second-order valence-corrected chi connectivity index (χ2v) is 5.85. The summed E-state index contributed by atoms with van der Waals surface area (Å²) in [4.78, 5) is 2.30. The first-order valence-corrected chi connectivity index (χ1v) is 8.34. The van der Waals surface area contributed by atoms with Gasteiger partial charge in [-0.2, -0.15) is 0 Å². The normalized spacial score (nSPS) is 10.6. The lowest BCUT2D eigenvalue weighted by Gasteiger charge is -2.15. The van der Waals surface area contributed by atoms with Crippen molar-refractivity contribution in [1.29, 1.82) is 0 Å². The van der Waals surface area contributed by atoms with E-state index in [1.807, 2.05) is 18.2 Å². The Morgan fingerprint density at radius 2 is 1.88 bits per heavy atom. The van der Waals surface area contributed by atoms with Gasteiger partial charge >= 0.3 is 0 Å². The van der Waals surface area contributed by atoms with E-state index in [1.54, 1.807) is 0 Å². The van der Waals surface area contributed by atoms with E-state index in [1.165, 1.54) is 11.1 Å². The van der Waals surface area contributed by atoms with Crippen LogP contribution in [0.2, 0.25) is 0 Å². The van der Waals surface area contributed by atoms with Gasteiger partial charge in [0.05, 0.1) is 0 Å². The topological polar surface area (TPSA) is 24.5 Å². The Labute approximate surface area is 145 Å². The molecule has 2 rings (SSSR count). The molecule has 24 heavy (non-hydrogen) atoms. The zero-order chi connectivity index (χ0) is 17.2. The van der Waals surface area contributed by atoms with Crippen molar-refractivity contribution in [2.75, 3.05) is 20.2 Å². The van der Waals surface area contributed by atoms with Gasteiger partial charge in [0, 0.05) is 25.2 Å². The Balaban J connectivity index is 1.90. The number of ether oxygens (including phenoxy) is 1. The van der Waals surface area contributed by atoms with Gasteiger partial charge < -0.3 is 15.0 Å². The van der Waals surface area contributed by atoms with E-state index in [0.29, 0.717) is 6.61 Å². The summed E-state index contributed by atoms with van der Waals surface area (Å²) < 4.78 is 5.58. The molecule has 0 saturated carbocycles. The summed E-state index contributed by atoms with van der Waals surface area (Å²) >= 11 is 0. The summed E-state index contributed by atoms with van der Waals surface area (Å²) in [5.41, 5.74) is 3.75. The molecule has 0 heterocycles. The SMILES string of the molecule is C#CCOc1ccccc1CNCc1cccc(CN(C)CC)c1. The highest BCUT2D eigenvalue weighted by atomic mass is 16.5. The van der Waals surface area contributed by atoms with Gasteiger partial charge in [-0.25, -0.2) is 0 Å². The molecule has 3 heteroatoms. The summed E-state index contributed by atoms with van der Waals surface area (Å²) in [7, 11) is 2.14. The standard InChI is InChI=1S/C21H26N2O/c1-4-13-24-21-12-7-6-11-20(21)16-22-15-18-9-8-10-19(14-18)17-23(3)5-2/h1,6-12,14,22H,5,13,15-17H2,2-3H3. The average Bonchev–Trinajstić information content (AvgIpc) is 2.61. The van der Waals surface area contributed by atoms with Gasteiger partial charge in [0.1, 0.15) is 12.4 Å². The van der Waals surface area contributed by atoms with Crippen molar-refractivity contribution >= 4 is 0 Å². The second kappa shape index (κ2) is 9.77. The van der Waals surface area contributed by atoms with Crippen molar-refractivity contribution < 1.29 is 4.74 Å². The second-order valence-electron chi connectivity index (χ2n) is 5.85. The first-order chi connectivity index (χ1) is 11.7. The fraction of sp³-hybridized carbons (Fsp3) is 0.333. The first kappa shape index (κ1) is 18.1. The van der Waals surface area contributed by atoms with Crippen molar-refractivity contribution in [1.82, 2.24) is 10.2 Å². The van der Waals surface area contributed by atoms with Gasteiger partial charge in [-0.15, -0.1) is 6.42 Å². The molecular formula is C21H26N2O. The molecule has 3 nitrogen and oxygen atoms in total. The Kier molecular flexibility index (Phi) is 7.35. The molecule has 0 aromatic heterocycles. The summed E-state index contributed by atoms with van der Waals surface area (Å²) in [6.45, 7) is 6.08. The van der Waals surface area contributed by atoms with Crippen molar-refractivity contribution in [3.63, 3.8) is 0 Å². The lowest BCUT2D eigenvalue weighted by Crippen LogP contribution is -2.17. The van der Waals surface area contributed by atoms with Crippen LogP contribution in [-0.4, -0.2) is 25.1 Å². The number of hydrogen-bond acceptors (Lipinski definition) is 3. The van der Waals surface area contributed by atoms with Crippen molar-refractivity contribution in [3.05, 3.63) is 65.2 Å². The van der Waals surface area contributed by atoms with Crippen LogP contribution >= 0.6 is 0 Å². The zero-order valence-electron chi connectivity index (χ0n) is 14.6. The highest BCUT2D eigenvalue weighted by Crippen LogP contribution is 2.17. The van der Waals surface area contributed by atoms with Crippen LogP contribution in [0.4, 0.5) is 0 Å². The van der Waals surface area contributed by atoms with E-state index in [0.717, 1.165) is 37.5 Å². The van der Waals surface area contributed by atoms with Crippen LogP contribution in [0.15, 0.2) is 48.5 Å². The molecule has 0 bridgehead atoms. The van der Waals surface area contributed by atoms with Gasteiger partial charge in [-0.05, 0) is 30.8 Å². The molecule has 0 radical (unpaired) electrons. The average molecular weight is 322 g/mol. The maximum absolute atomic E-state index is 5.58. The summed E-state index contributed by atoms with van der Waals surface area (Å²) in [5.74, 6) is 3.35. The van der Waals surface area contributed by atoms with Crippen LogP contribution in [0.5, 0.6) is 5.75 Å². The lowest BCUT2D eigenvalue weighted by atomic mass is 10.1. The van der Waals surface area contributed by atoms with Crippen molar-refractivity contribution in [2.45, 2.75) is 26.6 Å². The molecule has 0 fully saturated rings. The molecule has 126 valence electrons. The van der Waals surface area contributed by atoms with E-state index in [-0.39, 0.29) is 0 Å². The third-order valence-corrected chi connectivity index (χ3v) is 3.91. The molecule has 0 aliphatic rings. The minimum atomic E-state index is 0.296. The Bertz CT molecular complexity index is 676. The van der Waals surface area contributed by atoms with Crippen LogP contribution in [0.25, 0.3) is 0 Å². The van der Waals surface area contributed by atoms with Crippen LogP contribution in [0, 0.1) is 12.3 Å². The number of rotatable bonds is 9. The smallest absolute Gasteiger partial charge is 0.148 e. The van der Waals surface area contributed by atoms with Gasteiger partial charge in [0.25, 0.3) is 0 Å². The van der Waals surface area contributed by atoms with Crippen molar-refractivity contribution in [3.8, 4) is 18.1 Å². The van der Waals surface area contributed by atoms with Gasteiger partial charge in [-0.3, -0.25) is 0 Å². The van der Waals surface area contributed by atoms with E-state index in [2.05, 4.69) is 60.4 Å².